The highest BCUT2D eigenvalue weighted by atomic mass is 32.2. The molecule has 2 rings (SSSR count). The SMILES string of the molecule is C[N+]1(S(=O)(=O)c2ccccc2)CCCC1. The topological polar surface area (TPSA) is 34.1 Å². The first kappa shape index (κ1) is 10.6. The highest BCUT2D eigenvalue weighted by Gasteiger charge is 2.41. The third-order valence-corrected chi connectivity index (χ3v) is 5.53. The maximum atomic E-state index is 12.3. The second kappa shape index (κ2) is 3.61. The summed E-state index contributed by atoms with van der Waals surface area (Å²) in [5.41, 5.74) is 0. The third-order valence-electron chi connectivity index (χ3n) is 3.13. The smallest absolute Gasteiger partial charge is 0.217 e. The third kappa shape index (κ3) is 1.68. The Morgan fingerprint density at radius 3 is 2.13 bits per heavy atom. The fourth-order valence-electron chi connectivity index (χ4n) is 2.09. The van der Waals surface area contributed by atoms with Crippen LogP contribution in [0.3, 0.4) is 0 Å². The van der Waals surface area contributed by atoms with Crippen LogP contribution in [0, 0.1) is 0 Å². The molecule has 0 radical (unpaired) electrons. The molecule has 0 spiro atoms. The van der Waals surface area contributed by atoms with Gasteiger partial charge in [0.2, 0.25) is 0 Å². The van der Waals surface area contributed by atoms with Crippen LogP contribution in [0.15, 0.2) is 35.2 Å². The molecule has 0 aromatic heterocycles. The van der Waals surface area contributed by atoms with Gasteiger partial charge >= 0.3 is 10.0 Å². The van der Waals surface area contributed by atoms with Crippen molar-refractivity contribution in [3.8, 4) is 0 Å². The molecule has 15 heavy (non-hydrogen) atoms. The Hall–Kier alpha value is -0.870. The van der Waals surface area contributed by atoms with Gasteiger partial charge in [0, 0.05) is 12.8 Å². The molecule has 0 N–H and O–H groups in total. The summed E-state index contributed by atoms with van der Waals surface area (Å²) in [5.74, 6) is 0. The van der Waals surface area contributed by atoms with E-state index < -0.39 is 10.0 Å². The molecule has 1 saturated heterocycles. The van der Waals surface area contributed by atoms with Crippen LogP contribution in [-0.4, -0.2) is 32.4 Å². The molecule has 82 valence electrons. The number of likely N-dealkylation sites (tertiary alicyclic amines) is 1. The average Bonchev–Trinajstić information content (AvgIpc) is 2.68. The maximum absolute atomic E-state index is 12.3. The van der Waals surface area contributed by atoms with E-state index in [1.165, 1.54) is 0 Å². The summed E-state index contributed by atoms with van der Waals surface area (Å²) in [6.07, 6.45) is 2.01. The quantitative estimate of drug-likeness (QED) is 0.718. The molecule has 1 aromatic rings. The minimum atomic E-state index is -3.20. The Bertz CT molecular complexity index is 433. The summed E-state index contributed by atoms with van der Waals surface area (Å²) in [6, 6.07) is 8.74. The summed E-state index contributed by atoms with van der Waals surface area (Å²) in [4.78, 5) is 0.439. The lowest BCUT2D eigenvalue weighted by Crippen LogP contribution is -2.46. The van der Waals surface area contributed by atoms with E-state index in [1.807, 2.05) is 13.1 Å². The normalized spacial score (nSPS) is 20.3. The maximum Gasteiger partial charge on any atom is 0.327 e. The van der Waals surface area contributed by atoms with Crippen molar-refractivity contribution in [2.45, 2.75) is 17.7 Å². The first-order valence-electron chi connectivity index (χ1n) is 5.21. The molecule has 1 fully saturated rings. The highest BCUT2D eigenvalue weighted by Crippen LogP contribution is 2.27. The number of hydrogen-bond donors (Lipinski definition) is 0. The number of benzene rings is 1. The molecule has 0 bridgehead atoms. The van der Waals surface area contributed by atoms with Gasteiger partial charge in [0.1, 0.15) is 4.90 Å². The predicted molar refractivity (Wildman–Crippen MR) is 58.8 cm³/mol. The molecule has 4 heteroatoms. The number of quaternary nitrogens is 1. The number of hydrogen-bond acceptors (Lipinski definition) is 2. The molecule has 3 nitrogen and oxygen atoms in total. The number of sulfonamides is 1. The van der Waals surface area contributed by atoms with Crippen molar-refractivity contribution in [2.75, 3.05) is 20.1 Å². The van der Waals surface area contributed by atoms with E-state index in [4.69, 9.17) is 0 Å². The summed E-state index contributed by atoms with van der Waals surface area (Å²) in [5, 5.41) is 0. The van der Waals surface area contributed by atoms with Crippen LogP contribution in [0.25, 0.3) is 0 Å². The van der Waals surface area contributed by atoms with Gasteiger partial charge in [-0.1, -0.05) is 18.2 Å². The first-order chi connectivity index (χ1) is 7.06. The Morgan fingerprint density at radius 1 is 1.07 bits per heavy atom. The second-order valence-electron chi connectivity index (χ2n) is 4.24. The van der Waals surface area contributed by atoms with Gasteiger partial charge in [0.05, 0.1) is 20.1 Å². The molecule has 0 atom stereocenters. The predicted octanol–water partition coefficient (Wildman–Crippen LogP) is 1.62. The van der Waals surface area contributed by atoms with Crippen LogP contribution >= 0.6 is 0 Å². The summed E-state index contributed by atoms with van der Waals surface area (Å²) >= 11 is 0. The number of rotatable bonds is 2. The van der Waals surface area contributed by atoms with Crippen molar-refractivity contribution in [1.29, 1.82) is 0 Å². The molecule has 0 saturated carbocycles. The van der Waals surface area contributed by atoms with Crippen molar-refractivity contribution in [2.24, 2.45) is 0 Å². The minimum absolute atomic E-state index is 0.164. The van der Waals surface area contributed by atoms with Crippen LogP contribution < -0.4 is 0 Å². The molecule has 0 amide bonds. The zero-order valence-corrected chi connectivity index (χ0v) is 9.70. The van der Waals surface area contributed by atoms with E-state index in [0.29, 0.717) is 4.90 Å². The highest BCUT2D eigenvalue weighted by molar-refractivity contribution is 7.86. The zero-order chi connectivity index (χ0) is 10.9. The summed E-state index contributed by atoms with van der Waals surface area (Å²) in [6.45, 7) is 1.47. The van der Waals surface area contributed by atoms with Crippen molar-refractivity contribution in [3.05, 3.63) is 30.3 Å². The number of nitrogens with zero attached hydrogens (tertiary/aromatic N) is 1. The zero-order valence-electron chi connectivity index (χ0n) is 8.89. The van der Waals surface area contributed by atoms with Gasteiger partial charge in [-0.3, -0.25) is 0 Å². The van der Waals surface area contributed by atoms with Gasteiger partial charge in [-0.15, -0.1) is 0 Å². The lowest BCUT2D eigenvalue weighted by Gasteiger charge is -2.27. The largest absolute Gasteiger partial charge is 0.327 e. The van der Waals surface area contributed by atoms with E-state index in [1.54, 1.807) is 24.3 Å². The van der Waals surface area contributed by atoms with Crippen molar-refractivity contribution < 1.29 is 12.3 Å². The minimum Gasteiger partial charge on any atom is -0.217 e. The average molecular weight is 226 g/mol. The molecule has 1 aliphatic heterocycles. The molecular weight excluding hydrogens is 210 g/mol. The van der Waals surface area contributed by atoms with Gasteiger partial charge < -0.3 is 0 Å². The lowest BCUT2D eigenvalue weighted by atomic mass is 10.4. The monoisotopic (exact) mass is 226 g/mol. The summed E-state index contributed by atoms with van der Waals surface area (Å²) < 4.78 is 24.8. The van der Waals surface area contributed by atoms with Crippen LogP contribution in [0.5, 0.6) is 0 Å². The van der Waals surface area contributed by atoms with Crippen LogP contribution in [0.4, 0.5) is 0 Å². The second-order valence-corrected chi connectivity index (χ2v) is 6.54. The van der Waals surface area contributed by atoms with Crippen LogP contribution in [-0.2, 0) is 10.0 Å². The van der Waals surface area contributed by atoms with Crippen molar-refractivity contribution >= 4 is 10.0 Å². The van der Waals surface area contributed by atoms with E-state index in [-0.39, 0.29) is 3.89 Å². The van der Waals surface area contributed by atoms with Gasteiger partial charge in [0.25, 0.3) is 0 Å². The Morgan fingerprint density at radius 2 is 1.60 bits per heavy atom. The van der Waals surface area contributed by atoms with Gasteiger partial charge in [0.15, 0.2) is 0 Å². The lowest BCUT2D eigenvalue weighted by molar-refractivity contribution is -0.770. The van der Waals surface area contributed by atoms with Gasteiger partial charge in [-0.05, 0) is 12.1 Å². The van der Waals surface area contributed by atoms with Crippen LogP contribution in [0.2, 0.25) is 0 Å². The van der Waals surface area contributed by atoms with Crippen molar-refractivity contribution in [3.63, 3.8) is 0 Å². The molecule has 1 aliphatic rings. The first-order valence-corrected chi connectivity index (χ1v) is 6.65. The molecule has 1 aromatic carbocycles. The summed E-state index contributed by atoms with van der Waals surface area (Å²) in [7, 11) is -1.39. The Balaban J connectivity index is 2.44. The van der Waals surface area contributed by atoms with E-state index in [0.717, 1.165) is 25.9 Å². The molecule has 0 aliphatic carbocycles. The van der Waals surface area contributed by atoms with Gasteiger partial charge in [-0.2, -0.15) is 8.42 Å². The molecule has 1 heterocycles. The molecule has 0 unspecified atom stereocenters. The fraction of sp³-hybridized carbons (Fsp3) is 0.455. The van der Waals surface area contributed by atoms with E-state index >= 15 is 0 Å². The van der Waals surface area contributed by atoms with E-state index in [2.05, 4.69) is 0 Å². The standard InChI is InChI=1S/C11H16NO2S/c1-12(9-5-6-10-12)15(13,14)11-7-3-2-4-8-11/h2-4,7-8H,5-6,9-10H2,1H3/q+1. The van der Waals surface area contributed by atoms with Crippen molar-refractivity contribution in [1.82, 2.24) is 0 Å². The van der Waals surface area contributed by atoms with Crippen LogP contribution in [0.1, 0.15) is 12.8 Å². The fourth-order valence-corrected chi connectivity index (χ4v) is 3.84. The molecular formula is C11H16NO2S+. The Labute approximate surface area is 91.0 Å². The van der Waals surface area contributed by atoms with E-state index in [9.17, 15) is 8.42 Å². The Kier molecular flexibility index (Phi) is 2.56. The van der Waals surface area contributed by atoms with Gasteiger partial charge in [-0.25, -0.2) is 3.89 Å².